The summed E-state index contributed by atoms with van der Waals surface area (Å²) in [5, 5.41) is 4.88. The second kappa shape index (κ2) is 5.04. The van der Waals surface area contributed by atoms with Crippen LogP contribution in [0.2, 0.25) is 0 Å². The van der Waals surface area contributed by atoms with E-state index in [4.69, 9.17) is 0 Å². The molecule has 0 bridgehead atoms. The van der Waals surface area contributed by atoms with Gasteiger partial charge in [-0.05, 0) is 37.3 Å². The van der Waals surface area contributed by atoms with Crippen molar-refractivity contribution in [1.82, 2.24) is 9.88 Å². The van der Waals surface area contributed by atoms with Crippen LogP contribution < -0.4 is 5.32 Å². The molecule has 2 aromatic rings. The van der Waals surface area contributed by atoms with E-state index in [0.29, 0.717) is 5.56 Å². The first-order valence-electron chi connectivity index (χ1n) is 6.79. The third-order valence-electron chi connectivity index (χ3n) is 3.62. The van der Waals surface area contributed by atoms with Crippen molar-refractivity contribution in [3.63, 3.8) is 0 Å². The first kappa shape index (κ1) is 13.9. The van der Waals surface area contributed by atoms with Crippen LogP contribution in [0.3, 0.4) is 0 Å². The summed E-state index contributed by atoms with van der Waals surface area (Å²) in [4.78, 5) is 12.2. The lowest BCUT2D eigenvalue weighted by Crippen LogP contribution is -2.35. The number of fused-ring (bicyclic) bond motifs is 1. The third-order valence-corrected chi connectivity index (χ3v) is 5.02. The van der Waals surface area contributed by atoms with Crippen molar-refractivity contribution in [1.29, 1.82) is 0 Å². The summed E-state index contributed by atoms with van der Waals surface area (Å²) < 4.78 is 24.8. The van der Waals surface area contributed by atoms with Crippen molar-refractivity contribution < 1.29 is 13.2 Å². The monoisotopic (exact) mass is 304 g/mol. The van der Waals surface area contributed by atoms with E-state index < -0.39 is 15.9 Å². The maximum absolute atomic E-state index is 12.2. The fourth-order valence-corrected chi connectivity index (χ4v) is 3.77. The number of nitrogens with one attached hydrogen (secondary N) is 1. The zero-order valence-corrected chi connectivity index (χ0v) is 12.4. The van der Waals surface area contributed by atoms with Crippen molar-refractivity contribution in [2.45, 2.75) is 19.5 Å². The van der Waals surface area contributed by atoms with E-state index in [1.807, 2.05) is 24.4 Å². The largest absolute Gasteiger partial charge is 0.348 e. The number of nitrogens with zero attached hydrogens (tertiary/aromatic N) is 1. The summed E-state index contributed by atoms with van der Waals surface area (Å²) in [6.45, 7) is 2.94. The molecule has 0 radical (unpaired) electrons. The van der Waals surface area contributed by atoms with Crippen LogP contribution in [-0.4, -0.2) is 30.7 Å². The van der Waals surface area contributed by atoms with Gasteiger partial charge in [0.2, 0.25) is 0 Å². The van der Waals surface area contributed by atoms with Gasteiger partial charge >= 0.3 is 0 Å². The Morgan fingerprint density at radius 3 is 2.86 bits per heavy atom. The van der Waals surface area contributed by atoms with Gasteiger partial charge in [0.05, 0.1) is 11.8 Å². The SMILES string of the molecule is CCn1ccc2cc(C(=O)N[C@H]3C=CS(=O)(=O)C3)ccc21. The molecule has 0 saturated carbocycles. The van der Waals surface area contributed by atoms with E-state index in [9.17, 15) is 13.2 Å². The Morgan fingerprint density at radius 1 is 1.38 bits per heavy atom. The highest BCUT2D eigenvalue weighted by atomic mass is 32.2. The topological polar surface area (TPSA) is 68.2 Å². The average molecular weight is 304 g/mol. The molecule has 2 heterocycles. The quantitative estimate of drug-likeness (QED) is 0.938. The Hall–Kier alpha value is -2.08. The predicted molar refractivity (Wildman–Crippen MR) is 81.8 cm³/mol. The molecule has 1 atom stereocenters. The smallest absolute Gasteiger partial charge is 0.251 e. The van der Waals surface area contributed by atoms with Gasteiger partial charge < -0.3 is 9.88 Å². The number of rotatable bonds is 3. The number of hydrogen-bond donors (Lipinski definition) is 1. The van der Waals surface area contributed by atoms with Gasteiger partial charge in [0.1, 0.15) is 0 Å². The van der Waals surface area contributed by atoms with E-state index in [-0.39, 0.29) is 11.7 Å². The number of carbonyl (C=O) groups is 1. The van der Waals surface area contributed by atoms with Crippen LogP contribution in [0.1, 0.15) is 17.3 Å². The van der Waals surface area contributed by atoms with Gasteiger partial charge in [0, 0.05) is 34.6 Å². The first-order chi connectivity index (χ1) is 9.98. The fourth-order valence-electron chi connectivity index (χ4n) is 2.53. The number of aromatic nitrogens is 1. The highest BCUT2D eigenvalue weighted by Gasteiger charge is 2.23. The minimum atomic E-state index is -3.16. The van der Waals surface area contributed by atoms with E-state index in [1.165, 1.54) is 6.08 Å². The van der Waals surface area contributed by atoms with Crippen LogP contribution >= 0.6 is 0 Å². The van der Waals surface area contributed by atoms with Crippen molar-refractivity contribution in [3.05, 3.63) is 47.5 Å². The van der Waals surface area contributed by atoms with E-state index >= 15 is 0 Å². The third kappa shape index (κ3) is 2.71. The molecule has 0 aliphatic carbocycles. The minimum absolute atomic E-state index is 0.0623. The Kier molecular flexibility index (Phi) is 3.33. The Balaban J connectivity index is 1.80. The number of sulfone groups is 1. The molecule has 0 fully saturated rings. The lowest BCUT2D eigenvalue weighted by molar-refractivity contribution is 0.0948. The summed E-state index contributed by atoms with van der Waals surface area (Å²) in [6, 6.07) is 7.02. The standard InChI is InChI=1S/C15H16N2O3S/c1-2-17-7-5-11-9-12(3-4-14(11)17)15(18)16-13-6-8-21(19,20)10-13/h3-9,13H,2,10H2,1H3,(H,16,18)/t13-/m0/s1. The molecule has 3 rings (SSSR count). The van der Waals surface area contributed by atoms with E-state index in [1.54, 1.807) is 6.07 Å². The molecule has 21 heavy (non-hydrogen) atoms. The van der Waals surface area contributed by atoms with Crippen molar-refractivity contribution in [3.8, 4) is 0 Å². The number of benzene rings is 1. The predicted octanol–water partition coefficient (Wildman–Crippen LogP) is 1.70. The Bertz CT molecular complexity index is 834. The van der Waals surface area contributed by atoms with Gasteiger partial charge in [-0.25, -0.2) is 8.42 Å². The lowest BCUT2D eigenvalue weighted by Gasteiger charge is -2.10. The fraction of sp³-hybridized carbons (Fsp3) is 0.267. The molecule has 110 valence electrons. The second-order valence-corrected chi connectivity index (χ2v) is 7.04. The number of carbonyl (C=O) groups excluding carboxylic acids is 1. The van der Waals surface area contributed by atoms with Crippen molar-refractivity contribution >= 4 is 26.6 Å². The molecular formula is C15H16N2O3S. The summed E-state index contributed by atoms with van der Waals surface area (Å²) in [5.74, 6) is -0.319. The maximum Gasteiger partial charge on any atom is 0.251 e. The highest BCUT2D eigenvalue weighted by Crippen LogP contribution is 2.18. The molecule has 6 heteroatoms. The molecule has 1 N–H and O–H groups in total. The van der Waals surface area contributed by atoms with Crippen molar-refractivity contribution in [2.75, 3.05) is 5.75 Å². The zero-order chi connectivity index (χ0) is 15.0. The summed E-state index contributed by atoms with van der Waals surface area (Å²) >= 11 is 0. The highest BCUT2D eigenvalue weighted by molar-refractivity contribution is 7.94. The Morgan fingerprint density at radius 2 is 2.19 bits per heavy atom. The van der Waals surface area contributed by atoms with Crippen LogP contribution in [0.25, 0.3) is 10.9 Å². The van der Waals surface area contributed by atoms with Gasteiger partial charge in [0.25, 0.3) is 5.91 Å². The van der Waals surface area contributed by atoms with Gasteiger partial charge in [0.15, 0.2) is 9.84 Å². The van der Waals surface area contributed by atoms with Crippen LogP contribution in [0.15, 0.2) is 41.9 Å². The summed E-state index contributed by atoms with van der Waals surface area (Å²) in [7, 11) is -3.16. The zero-order valence-electron chi connectivity index (χ0n) is 11.6. The molecule has 1 aliphatic heterocycles. The van der Waals surface area contributed by atoms with Crippen LogP contribution in [0.5, 0.6) is 0 Å². The number of aryl methyl sites for hydroxylation is 1. The van der Waals surface area contributed by atoms with Crippen LogP contribution in [0, 0.1) is 0 Å². The summed E-state index contributed by atoms with van der Waals surface area (Å²) in [6.07, 6.45) is 3.50. The van der Waals surface area contributed by atoms with Gasteiger partial charge in [-0.3, -0.25) is 4.79 Å². The molecule has 1 aromatic carbocycles. The molecule has 5 nitrogen and oxygen atoms in total. The van der Waals surface area contributed by atoms with Gasteiger partial charge in [-0.2, -0.15) is 0 Å². The lowest BCUT2D eigenvalue weighted by atomic mass is 10.1. The number of hydrogen-bond acceptors (Lipinski definition) is 3. The first-order valence-corrected chi connectivity index (χ1v) is 8.51. The normalized spacial score (nSPS) is 20.0. The second-order valence-electron chi connectivity index (χ2n) is 5.11. The van der Waals surface area contributed by atoms with Crippen LogP contribution in [-0.2, 0) is 16.4 Å². The molecule has 0 saturated heterocycles. The minimum Gasteiger partial charge on any atom is -0.348 e. The Labute approximate surface area is 123 Å². The molecule has 0 unspecified atom stereocenters. The molecular weight excluding hydrogens is 288 g/mol. The van der Waals surface area contributed by atoms with Gasteiger partial charge in [-0.1, -0.05) is 0 Å². The van der Waals surface area contributed by atoms with Gasteiger partial charge in [-0.15, -0.1) is 0 Å². The van der Waals surface area contributed by atoms with E-state index in [2.05, 4.69) is 16.8 Å². The molecule has 1 aliphatic rings. The average Bonchev–Trinajstić information content (AvgIpc) is 3.00. The molecule has 1 aromatic heterocycles. The molecule has 1 amide bonds. The van der Waals surface area contributed by atoms with Crippen LogP contribution in [0.4, 0.5) is 0 Å². The maximum atomic E-state index is 12.2. The number of amides is 1. The van der Waals surface area contributed by atoms with Crippen molar-refractivity contribution in [2.24, 2.45) is 0 Å². The van der Waals surface area contributed by atoms with E-state index in [0.717, 1.165) is 22.9 Å². The summed E-state index contributed by atoms with van der Waals surface area (Å²) in [5.41, 5.74) is 1.62. The molecule has 0 spiro atoms.